The molecule has 1 aliphatic heterocycles. The van der Waals surface area contributed by atoms with Crippen molar-refractivity contribution in [3.05, 3.63) is 35.4 Å². The summed E-state index contributed by atoms with van der Waals surface area (Å²) in [4.78, 5) is 8.00. The average molecular weight is 152 g/mol. The van der Waals surface area contributed by atoms with E-state index in [-0.39, 0.29) is 0 Å². The van der Waals surface area contributed by atoms with E-state index < -0.39 is 0 Å². The lowest BCUT2D eigenvalue weighted by atomic mass is 10.1. The van der Waals surface area contributed by atoms with E-state index in [1.54, 1.807) is 0 Å². The van der Waals surface area contributed by atoms with E-state index in [2.05, 4.69) is 47.9 Å². The van der Waals surface area contributed by atoms with Crippen LogP contribution in [0.1, 0.15) is 11.1 Å². The highest BCUT2D eigenvalue weighted by atomic mass is 17.4. The van der Waals surface area contributed by atoms with Crippen LogP contribution in [0.25, 0.3) is 0 Å². The molecular formula is C9H12O2. The lowest BCUT2D eigenvalue weighted by Crippen LogP contribution is -1.74. The van der Waals surface area contributed by atoms with Crippen molar-refractivity contribution in [3.63, 3.8) is 0 Å². The smallest absolute Gasteiger partial charge is 0.202 e. The third-order valence-electron chi connectivity index (χ3n) is 1.54. The van der Waals surface area contributed by atoms with Crippen LogP contribution in [0.15, 0.2) is 24.3 Å². The molecule has 0 N–H and O–H groups in total. The van der Waals surface area contributed by atoms with E-state index in [4.69, 9.17) is 0 Å². The minimum Gasteiger partial charge on any atom is -0.202 e. The summed E-state index contributed by atoms with van der Waals surface area (Å²) in [6, 6.07) is 8.36. The predicted octanol–water partition coefficient (Wildman–Crippen LogP) is 2.21. The normalized spacial score (nSPS) is 13.3. The van der Waals surface area contributed by atoms with Gasteiger partial charge in [0.2, 0.25) is 6.79 Å². The van der Waals surface area contributed by atoms with Gasteiger partial charge in [0.1, 0.15) is 0 Å². The topological polar surface area (TPSA) is 25.1 Å². The standard InChI is InChI=1S/C8H10.CH2O2/c1-7-5-3-4-6-8(7)2;1-2-3-1/h3-6H,1-2H3;1H2. The Morgan fingerprint density at radius 1 is 1.00 bits per heavy atom. The van der Waals surface area contributed by atoms with Gasteiger partial charge in [-0.25, -0.2) is 9.78 Å². The van der Waals surface area contributed by atoms with Crippen molar-refractivity contribution in [1.82, 2.24) is 0 Å². The summed E-state index contributed by atoms with van der Waals surface area (Å²) in [6.07, 6.45) is 0. The van der Waals surface area contributed by atoms with Crippen molar-refractivity contribution < 1.29 is 9.78 Å². The Morgan fingerprint density at radius 2 is 1.36 bits per heavy atom. The molecule has 0 spiro atoms. The summed E-state index contributed by atoms with van der Waals surface area (Å²) in [5.41, 5.74) is 2.74. The van der Waals surface area contributed by atoms with Gasteiger partial charge in [0.05, 0.1) is 0 Å². The first-order chi connectivity index (χ1) is 5.30. The molecule has 1 aromatic rings. The molecule has 2 nitrogen and oxygen atoms in total. The van der Waals surface area contributed by atoms with Gasteiger partial charge in [-0.2, -0.15) is 0 Å². The predicted molar refractivity (Wildman–Crippen MR) is 43.0 cm³/mol. The molecule has 60 valence electrons. The molecule has 0 bridgehead atoms. The Morgan fingerprint density at radius 3 is 1.55 bits per heavy atom. The molecule has 0 atom stereocenters. The number of hydrogen-bond donors (Lipinski definition) is 0. The highest BCUT2D eigenvalue weighted by Gasteiger charge is 1.95. The first-order valence-corrected chi connectivity index (χ1v) is 3.57. The van der Waals surface area contributed by atoms with Gasteiger partial charge in [-0.15, -0.1) is 0 Å². The SMILES string of the molecule is C1OO1.Cc1ccccc1C. The lowest BCUT2D eigenvalue weighted by molar-refractivity contribution is 0.0850. The molecule has 0 aromatic heterocycles. The quantitative estimate of drug-likeness (QED) is 0.420. The largest absolute Gasteiger partial charge is 0.214 e. The molecule has 1 aliphatic rings. The summed E-state index contributed by atoms with van der Waals surface area (Å²) in [7, 11) is 0. The van der Waals surface area contributed by atoms with Gasteiger partial charge in [-0.05, 0) is 25.0 Å². The third kappa shape index (κ3) is 3.75. The van der Waals surface area contributed by atoms with Gasteiger partial charge in [0.15, 0.2) is 0 Å². The molecule has 11 heavy (non-hydrogen) atoms. The van der Waals surface area contributed by atoms with Crippen molar-refractivity contribution in [2.24, 2.45) is 0 Å². The fourth-order valence-corrected chi connectivity index (χ4v) is 0.663. The summed E-state index contributed by atoms with van der Waals surface area (Å²) >= 11 is 0. The molecule has 2 heteroatoms. The van der Waals surface area contributed by atoms with Gasteiger partial charge in [-0.1, -0.05) is 24.3 Å². The van der Waals surface area contributed by atoms with Crippen LogP contribution in [0.2, 0.25) is 0 Å². The number of rotatable bonds is 0. The van der Waals surface area contributed by atoms with Gasteiger partial charge < -0.3 is 0 Å². The molecular weight excluding hydrogens is 140 g/mol. The molecule has 0 saturated carbocycles. The zero-order chi connectivity index (χ0) is 8.10. The maximum Gasteiger partial charge on any atom is 0.214 e. The highest BCUT2D eigenvalue weighted by Crippen LogP contribution is 2.02. The van der Waals surface area contributed by atoms with Crippen molar-refractivity contribution in [2.75, 3.05) is 6.79 Å². The van der Waals surface area contributed by atoms with Crippen molar-refractivity contribution >= 4 is 0 Å². The second kappa shape index (κ2) is 4.11. The summed E-state index contributed by atoms with van der Waals surface area (Å²) < 4.78 is 0. The maximum absolute atomic E-state index is 4.00. The molecule has 1 fully saturated rings. The Balaban J connectivity index is 0.000000167. The molecule has 0 unspecified atom stereocenters. The number of benzene rings is 1. The Hall–Kier alpha value is -0.860. The van der Waals surface area contributed by atoms with Crippen LogP contribution in [-0.4, -0.2) is 6.79 Å². The molecule has 0 aliphatic carbocycles. The summed E-state index contributed by atoms with van der Waals surface area (Å²) in [5.74, 6) is 0. The number of hydrogen-bond acceptors (Lipinski definition) is 2. The minimum absolute atomic E-state index is 0.500. The van der Waals surface area contributed by atoms with Gasteiger partial charge in [0, 0.05) is 0 Å². The highest BCUT2D eigenvalue weighted by molar-refractivity contribution is 5.23. The van der Waals surface area contributed by atoms with Gasteiger partial charge in [0.25, 0.3) is 0 Å². The van der Waals surface area contributed by atoms with Crippen molar-refractivity contribution in [3.8, 4) is 0 Å². The van der Waals surface area contributed by atoms with Crippen LogP contribution in [0.5, 0.6) is 0 Å². The Labute approximate surface area is 66.7 Å². The van der Waals surface area contributed by atoms with Crippen LogP contribution in [0.3, 0.4) is 0 Å². The Kier molecular flexibility index (Phi) is 3.08. The fraction of sp³-hybridized carbons (Fsp3) is 0.333. The van der Waals surface area contributed by atoms with E-state index in [0.717, 1.165) is 0 Å². The monoisotopic (exact) mass is 152 g/mol. The fourth-order valence-electron chi connectivity index (χ4n) is 0.663. The van der Waals surface area contributed by atoms with Crippen molar-refractivity contribution in [2.45, 2.75) is 13.8 Å². The van der Waals surface area contributed by atoms with Gasteiger partial charge >= 0.3 is 0 Å². The summed E-state index contributed by atoms with van der Waals surface area (Å²) in [5, 5.41) is 0. The van der Waals surface area contributed by atoms with Crippen LogP contribution >= 0.6 is 0 Å². The van der Waals surface area contributed by atoms with Crippen LogP contribution in [0.4, 0.5) is 0 Å². The lowest BCUT2D eigenvalue weighted by Gasteiger charge is -1.93. The van der Waals surface area contributed by atoms with Gasteiger partial charge in [-0.3, -0.25) is 0 Å². The first kappa shape index (κ1) is 8.24. The molecule has 1 saturated heterocycles. The minimum atomic E-state index is 0.500. The third-order valence-corrected chi connectivity index (χ3v) is 1.54. The van der Waals surface area contributed by atoms with Crippen LogP contribution < -0.4 is 0 Å². The first-order valence-electron chi connectivity index (χ1n) is 3.57. The molecule has 0 radical (unpaired) electrons. The van der Waals surface area contributed by atoms with E-state index >= 15 is 0 Å². The average Bonchev–Trinajstić information content (AvgIpc) is 2.80. The zero-order valence-electron chi connectivity index (χ0n) is 6.83. The van der Waals surface area contributed by atoms with Crippen LogP contribution in [0, 0.1) is 13.8 Å². The van der Waals surface area contributed by atoms with E-state index in [1.807, 2.05) is 0 Å². The maximum atomic E-state index is 4.00. The molecule has 1 aromatic carbocycles. The van der Waals surface area contributed by atoms with Crippen LogP contribution in [-0.2, 0) is 9.78 Å². The second-order valence-corrected chi connectivity index (χ2v) is 2.44. The zero-order valence-corrected chi connectivity index (χ0v) is 6.83. The van der Waals surface area contributed by atoms with E-state index in [9.17, 15) is 0 Å². The number of aryl methyl sites for hydroxylation is 2. The molecule has 0 amide bonds. The van der Waals surface area contributed by atoms with E-state index in [0.29, 0.717) is 6.79 Å². The molecule has 1 heterocycles. The van der Waals surface area contributed by atoms with Crippen molar-refractivity contribution in [1.29, 1.82) is 0 Å². The van der Waals surface area contributed by atoms with E-state index in [1.165, 1.54) is 11.1 Å². The molecule has 2 rings (SSSR count). The Bertz CT molecular complexity index is 195. The second-order valence-electron chi connectivity index (χ2n) is 2.44. The summed E-state index contributed by atoms with van der Waals surface area (Å²) in [6.45, 7) is 4.74.